The van der Waals surface area contributed by atoms with Crippen LogP contribution in [-0.2, 0) is 24.4 Å². The predicted octanol–water partition coefficient (Wildman–Crippen LogP) is 3.47. The number of aliphatic hydroxyl groups is 1. The zero-order valence-electron chi connectivity index (χ0n) is 18.6. The van der Waals surface area contributed by atoms with Gasteiger partial charge < -0.3 is 19.2 Å². The maximum atomic E-state index is 12.9. The number of likely N-dealkylation sites (tertiary alicyclic amines) is 1. The van der Waals surface area contributed by atoms with Crippen molar-refractivity contribution in [1.82, 2.24) is 9.80 Å². The van der Waals surface area contributed by atoms with E-state index >= 15 is 0 Å². The Labute approximate surface area is 184 Å². The van der Waals surface area contributed by atoms with Crippen LogP contribution < -0.4 is 4.74 Å². The van der Waals surface area contributed by atoms with Crippen molar-refractivity contribution in [3.63, 3.8) is 0 Å². The minimum Gasteiger partial charge on any atom is -0.497 e. The molecule has 2 aromatic rings. The number of likely N-dealkylation sites (N-methyl/N-ethyl adjacent to an activating group) is 1. The SMILES string of the molecule is COc1cccc(CC(C2CCN(Cc3ccc(CO)o3)CC2)N(C)C(=O)C2CC2)c1. The second-order valence-corrected chi connectivity index (χ2v) is 8.99. The summed E-state index contributed by atoms with van der Waals surface area (Å²) in [6.07, 6.45) is 5.04. The van der Waals surface area contributed by atoms with Gasteiger partial charge in [0.25, 0.3) is 0 Å². The van der Waals surface area contributed by atoms with Gasteiger partial charge in [-0.15, -0.1) is 0 Å². The molecule has 2 aliphatic rings. The van der Waals surface area contributed by atoms with Gasteiger partial charge in [-0.2, -0.15) is 0 Å². The number of hydrogen-bond donors (Lipinski definition) is 1. The molecule has 1 saturated heterocycles. The number of hydrogen-bond acceptors (Lipinski definition) is 5. The van der Waals surface area contributed by atoms with E-state index in [9.17, 15) is 9.90 Å². The summed E-state index contributed by atoms with van der Waals surface area (Å²) in [5.74, 6) is 3.39. The van der Waals surface area contributed by atoms with Crippen molar-refractivity contribution in [3.05, 3.63) is 53.5 Å². The number of carbonyl (C=O) groups excluding carboxylic acids is 1. The second-order valence-electron chi connectivity index (χ2n) is 8.99. The number of nitrogens with zero attached hydrogens (tertiary/aromatic N) is 2. The lowest BCUT2D eigenvalue weighted by Crippen LogP contribution is -2.47. The molecule has 168 valence electrons. The van der Waals surface area contributed by atoms with Gasteiger partial charge in [-0.1, -0.05) is 12.1 Å². The zero-order valence-corrected chi connectivity index (χ0v) is 18.6. The van der Waals surface area contributed by atoms with Crippen molar-refractivity contribution in [2.75, 3.05) is 27.2 Å². The number of piperidine rings is 1. The van der Waals surface area contributed by atoms with Crippen molar-refractivity contribution in [3.8, 4) is 5.75 Å². The second kappa shape index (κ2) is 9.88. The summed E-state index contributed by atoms with van der Waals surface area (Å²) < 4.78 is 11.1. The Kier molecular flexibility index (Phi) is 6.98. The molecule has 0 bridgehead atoms. The molecule has 2 heterocycles. The lowest BCUT2D eigenvalue weighted by Gasteiger charge is -2.40. The first kappa shape index (κ1) is 21.9. The first-order valence-electron chi connectivity index (χ1n) is 11.4. The summed E-state index contributed by atoms with van der Waals surface area (Å²) in [7, 11) is 3.69. The van der Waals surface area contributed by atoms with Gasteiger partial charge in [0.1, 0.15) is 23.9 Å². The number of furan rings is 1. The highest BCUT2D eigenvalue weighted by Gasteiger charge is 2.38. The van der Waals surface area contributed by atoms with E-state index in [4.69, 9.17) is 9.15 Å². The average Bonchev–Trinajstić information content (AvgIpc) is 3.56. The van der Waals surface area contributed by atoms with E-state index in [2.05, 4.69) is 17.0 Å². The Hall–Kier alpha value is -2.31. The summed E-state index contributed by atoms with van der Waals surface area (Å²) in [6, 6.07) is 12.2. The molecule has 1 aromatic heterocycles. The number of ether oxygens (including phenoxy) is 1. The van der Waals surface area contributed by atoms with Crippen LogP contribution in [0.1, 0.15) is 42.8 Å². The number of methoxy groups -OCH3 is 1. The van der Waals surface area contributed by atoms with Gasteiger partial charge in [0, 0.05) is 19.0 Å². The Morgan fingerprint density at radius 1 is 1.19 bits per heavy atom. The highest BCUT2D eigenvalue weighted by atomic mass is 16.5. The lowest BCUT2D eigenvalue weighted by molar-refractivity contribution is -0.134. The van der Waals surface area contributed by atoms with Gasteiger partial charge in [-0.05, 0) is 80.9 Å². The Bertz CT molecular complexity index is 868. The molecule has 6 heteroatoms. The first-order chi connectivity index (χ1) is 15.1. The van der Waals surface area contributed by atoms with Gasteiger partial charge in [0.05, 0.1) is 13.7 Å². The number of rotatable bonds is 9. The van der Waals surface area contributed by atoms with Gasteiger partial charge in [0.2, 0.25) is 5.91 Å². The fourth-order valence-corrected chi connectivity index (χ4v) is 4.75. The van der Waals surface area contributed by atoms with E-state index in [1.165, 1.54) is 5.56 Å². The van der Waals surface area contributed by atoms with E-state index in [0.29, 0.717) is 17.6 Å². The molecule has 1 saturated carbocycles. The van der Waals surface area contributed by atoms with Crippen LogP contribution in [-0.4, -0.2) is 54.1 Å². The third-order valence-corrected chi connectivity index (χ3v) is 6.78. The molecular formula is C25H34N2O4. The molecule has 4 rings (SSSR count). The molecule has 31 heavy (non-hydrogen) atoms. The summed E-state index contributed by atoms with van der Waals surface area (Å²) in [6.45, 7) is 2.68. The standard InChI is InChI=1S/C25H34N2O4/c1-26(25(29)20-6-7-20)24(15-18-4-3-5-21(14-18)30-2)19-10-12-27(13-11-19)16-22-8-9-23(17-28)31-22/h3-5,8-9,14,19-20,24,28H,6-7,10-13,15-17H2,1-2H3. The molecule has 1 atom stereocenters. The Morgan fingerprint density at radius 2 is 1.94 bits per heavy atom. The fraction of sp³-hybridized carbons (Fsp3) is 0.560. The molecule has 0 spiro atoms. The molecule has 1 aliphatic carbocycles. The maximum Gasteiger partial charge on any atom is 0.225 e. The molecular weight excluding hydrogens is 392 g/mol. The predicted molar refractivity (Wildman–Crippen MR) is 119 cm³/mol. The number of carbonyl (C=O) groups is 1. The Balaban J connectivity index is 1.41. The van der Waals surface area contributed by atoms with Crippen LogP contribution in [0.25, 0.3) is 0 Å². The van der Waals surface area contributed by atoms with Crippen molar-refractivity contribution >= 4 is 5.91 Å². The van der Waals surface area contributed by atoms with Crippen LogP contribution in [0.5, 0.6) is 5.75 Å². The number of aliphatic hydroxyl groups excluding tert-OH is 1. The van der Waals surface area contributed by atoms with E-state index in [0.717, 1.165) is 63.2 Å². The topological polar surface area (TPSA) is 66.2 Å². The number of amides is 1. The molecule has 1 amide bonds. The molecule has 6 nitrogen and oxygen atoms in total. The maximum absolute atomic E-state index is 12.9. The van der Waals surface area contributed by atoms with E-state index in [-0.39, 0.29) is 18.6 Å². The van der Waals surface area contributed by atoms with E-state index in [1.807, 2.05) is 36.2 Å². The van der Waals surface area contributed by atoms with Crippen LogP contribution in [0.2, 0.25) is 0 Å². The third kappa shape index (κ3) is 5.49. The Morgan fingerprint density at radius 3 is 2.58 bits per heavy atom. The van der Waals surface area contributed by atoms with Crippen LogP contribution in [0.4, 0.5) is 0 Å². The summed E-state index contributed by atoms with van der Waals surface area (Å²) >= 11 is 0. The molecule has 2 fully saturated rings. The smallest absolute Gasteiger partial charge is 0.225 e. The molecule has 1 N–H and O–H groups in total. The molecule has 0 radical (unpaired) electrons. The summed E-state index contributed by atoms with van der Waals surface area (Å²) in [5, 5.41) is 9.20. The van der Waals surface area contributed by atoms with Crippen molar-refractivity contribution in [1.29, 1.82) is 0 Å². The molecule has 1 unspecified atom stereocenters. The normalized spacial score (nSPS) is 18.7. The third-order valence-electron chi connectivity index (χ3n) is 6.78. The van der Waals surface area contributed by atoms with E-state index in [1.54, 1.807) is 7.11 Å². The van der Waals surface area contributed by atoms with Gasteiger partial charge >= 0.3 is 0 Å². The minimum atomic E-state index is -0.0601. The van der Waals surface area contributed by atoms with E-state index < -0.39 is 0 Å². The van der Waals surface area contributed by atoms with Gasteiger partial charge in [-0.3, -0.25) is 9.69 Å². The van der Waals surface area contributed by atoms with Crippen LogP contribution in [0.15, 0.2) is 40.8 Å². The quantitative estimate of drug-likeness (QED) is 0.665. The minimum absolute atomic E-state index is 0.0601. The fourth-order valence-electron chi connectivity index (χ4n) is 4.75. The number of benzene rings is 1. The highest BCUT2D eigenvalue weighted by molar-refractivity contribution is 5.81. The average molecular weight is 427 g/mol. The zero-order chi connectivity index (χ0) is 21.8. The van der Waals surface area contributed by atoms with Crippen LogP contribution in [0, 0.1) is 11.8 Å². The first-order valence-corrected chi connectivity index (χ1v) is 11.4. The monoisotopic (exact) mass is 426 g/mol. The summed E-state index contributed by atoms with van der Waals surface area (Å²) in [5.41, 5.74) is 1.22. The van der Waals surface area contributed by atoms with Crippen LogP contribution >= 0.6 is 0 Å². The van der Waals surface area contributed by atoms with Crippen molar-refractivity contribution in [2.24, 2.45) is 11.8 Å². The molecule has 1 aromatic carbocycles. The lowest BCUT2D eigenvalue weighted by atomic mass is 9.84. The van der Waals surface area contributed by atoms with Crippen LogP contribution in [0.3, 0.4) is 0 Å². The molecule has 1 aliphatic heterocycles. The highest BCUT2D eigenvalue weighted by Crippen LogP contribution is 2.34. The largest absolute Gasteiger partial charge is 0.497 e. The van der Waals surface area contributed by atoms with Crippen molar-refractivity contribution < 1.29 is 19.1 Å². The van der Waals surface area contributed by atoms with Gasteiger partial charge in [0.15, 0.2) is 0 Å². The summed E-state index contributed by atoms with van der Waals surface area (Å²) in [4.78, 5) is 17.3. The van der Waals surface area contributed by atoms with Gasteiger partial charge in [-0.25, -0.2) is 0 Å². The van der Waals surface area contributed by atoms with Crippen molar-refractivity contribution in [2.45, 2.75) is 51.3 Å².